The highest BCUT2D eigenvalue weighted by molar-refractivity contribution is 7.08. The zero-order valence-electron chi connectivity index (χ0n) is 18.5. The van der Waals surface area contributed by atoms with Crippen LogP contribution in [-0.4, -0.2) is 47.7 Å². The van der Waals surface area contributed by atoms with Crippen molar-refractivity contribution in [2.45, 2.75) is 18.4 Å². The van der Waals surface area contributed by atoms with Gasteiger partial charge in [0.05, 0.1) is 5.56 Å². The summed E-state index contributed by atoms with van der Waals surface area (Å²) in [5.41, 5.74) is 8.80. The molecule has 33 heavy (non-hydrogen) atoms. The summed E-state index contributed by atoms with van der Waals surface area (Å²) in [6, 6.07) is 20.0. The Labute approximate surface area is 197 Å². The standard InChI is InChI=1S/C26H26N4O2S/c1-29-24(32)26(28-25(29)27,22-9-5-8-19(16-22)18-6-3-2-4-7-18)21-10-13-30(14-11-21)23(31)20-12-15-33-17-20/h2-9,12,15-17,21H,10-11,13-14H2,1H3,(H2,27,28). The minimum atomic E-state index is -1.07. The molecule has 2 amide bonds. The van der Waals surface area contributed by atoms with Crippen LogP contribution in [-0.2, 0) is 10.3 Å². The second-order valence-corrected chi connectivity index (χ2v) is 9.41. The predicted molar refractivity (Wildman–Crippen MR) is 131 cm³/mol. The topological polar surface area (TPSA) is 79.0 Å². The van der Waals surface area contributed by atoms with Crippen molar-refractivity contribution in [3.63, 3.8) is 0 Å². The number of nitrogens with two attached hydrogens (primary N) is 1. The molecule has 3 aromatic rings. The van der Waals surface area contributed by atoms with E-state index in [1.807, 2.05) is 58.1 Å². The summed E-state index contributed by atoms with van der Waals surface area (Å²) < 4.78 is 0. The van der Waals surface area contributed by atoms with Gasteiger partial charge in [-0.2, -0.15) is 11.3 Å². The van der Waals surface area contributed by atoms with Gasteiger partial charge in [0.25, 0.3) is 11.8 Å². The molecule has 1 unspecified atom stereocenters. The quantitative estimate of drug-likeness (QED) is 0.643. The van der Waals surface area contributed by atoms with Gasteiger partial charge in [-0.05, 0) is 47.0 Å². The van der Waals surface area contributed by atoms with Gasteiger partial charge in [-0.1, -0.05) is 48.5 Å². The van der Waals surface area contributed by atoms with E-state index in [4.69, 9.17) is 10.7 Å². The maximum absolute atomic E-state index is 13.6. The number of likely N-dealkylation sites (tertiary alicyclic amines) is 1. The second-order valence-electron chi connectivity index (χ2n) is 8.63. The van der Waals surface area contributed by atoms with Crippen LogP contribution >= 0.6 is 11.3 Å². The molecule has 1 saturated heterocycles. The lowest BCUT2D eigenvalue weighted by Gasteiger charge is -2.40. The highest BCUT2D eigenvalue weighted by Crippen LogP contribution is 2.45. The zero-order valence-corrected chi connectivity index (χ0v) is 19.3. The fourth-order valence-electron chi connectivity index (χ4n) is 4.99. The molecule has 0 bridgehead atoms. The van der Waals surface area contributed by atoms with Crippen molar-refractivity contribution in [1.29, 1.82) is 0 Å². The van der Waals surface area contributed by atoms with E-state index in [-0.39, 0.29) is 23.7 Å². The first-order chi connectivity index (χ1) is 16.0. The molecule has 2 aromatic carbocycles. The lowest BCUT2D eigenvalue weighted by Crippen LogP contribution is -2.49. The van der Waals surface area contributed by atoms with Gasteiger partial charge in [0.2, 0.25) is 0 Å². The molecule has 168 valence electrons. The molecule has 5 rings (SSSR count). The summed E-state index contributed by atoms with van der Waals surface area (Å²) in [4.78, 5) is 34.6. The van der Waals surface area contributed by atoms with Crippen molar-refractivity contribution in [3.05, 3.63) is 82.6 Å². The molecular formula is C26H26N4O2S. The zero-order chi connectivity index (χ0) is 23.0. The smallest absolute Gasteiger partial charge is 0.261 e. The second kappa shape index (κ2) is 8.48. The fraction of sp³-hybridized carbons (Fsp3) is 0.269. The van der Waals surface area contributed by atoms with Crippen molar-refractivity contribution in [3.8, 4) is 11.1 Å². The molecule has 0 spiro atoms. The average Bonchev–Trinajstić information content (AvgIpc) is 3.48. The van der Waals surface area contributed by atoms with Crippen molar-refractivity contribution in [2.75, 3.05) is 20.1 Å². The summed E-state index contributed by atoms with van der Waals surface area (Å²) in [7, 11) is 1.68. The van der Waals surface area contributed by atoms with Crippen LogP contribution in [0.3, 0.4) is 0 Å². The van der Waals surface area contributed by atoms with E-state index >= 15 is 0 Å². The first-order valence-corrected chi connectivity index (χ1v) is 12.1. The van der Waals surface area contributed by atoms with Gasteiger partial charge in [-0.15, -0.1) is 0 Å². The number of benzene rings is 2. The Hall–Kier alpha value is -3.45. The normalized spacial score (nSPS) is 21.4. The van der Waals surface area contributed by atoms with Gasteiger partial charge < -0.3 is 10.6 Å². The molecule has 0 aliphatic carbocycles. The molecule has 1 fully saturated rings. The van der Waals surface area contributed by atoms with Crippen LogP contribution in [0, 0.1) is 5.92 Å². The van der Waals surface area contributed by atoms with Crippen LogP contribution in [0.5, 0.6) is 0 Å². The molecule has 3 heterocycles. The lowest BCUT2D eigenvalue weighted by molar-refractivity contribution is -0.133. The molecule has 2 N–H and O–H groups in total. The number of piperidine rings is 1. The van der Waals surface area contributed by atoms with Crippen molar-refractivity contribution in [2.24, 2.45) is 16.6 Å². The largest absolute Gasteiger partial charge is 0.369 e. The minimum Gasteiger partial charge on any atom is -0.369 e. The SMILES string of the molecule is CN1C(=O)C(c2cccc(-c3ccccc3)c2)(C2CCN(C(=O)c3ccsc3)CC2)N=C1N. The molecule has 7 heteroatoms. The molecular weight excluding hydrogens is 432 g/mol. The molecule has 1 atom stereocenters. The van der Waals surface area contributed by atoms with Crippen LogP contribution in [0.2, 0.25) is 0 Å². The third-order valence-electron chi connectivity index (χ3n) is 6.82. The maximum atomic E-state index is 13.6. The Bertz CT molecular complexity index is 1200. The van der Waals surface area contributed by atoms with E-state index in [2.05, 4.69) is 18.2 Å². The number of amides is 2. The van der Waals surface area contributed by atoms with Gasteiger partial charge in [0, 0.05) is 31.4 Å². The Kier molecular flexibility index (Phi) is 5.50. The number of guanidine groups is 1. The van der Waals surface area contributed by atoms with E-state index in [1.54, 1.807) is 7.05 Å². The van der Waals surface area contributed by atoms with E-state index in [1.165, 1.54) is 16.2 Å². The Morgan fingerprint density at radius 1 is 1.06 bits per heavy atom. The molecule has 2 aliphatic rings. The number of carbonyl (C=O) groups is 2. The number of aliphatic imine (C=N–C) groups is 1. The average molecular weight is 459 g/mol. The molecule has 6 nitrogen and oxygen atoms in total. The van der Waals surface area contributed by atoms with E-state index in [0.717, 1.165) is 22.3 Å². The van der Waals surface area contributed by atoms with Gasteiger partial charge in [0.1, 0.15) is 0 Å². The number of thiophene rings is 1. The van der Waals surface area contributed by atoms with Crippen LogP contribution in [0.1, 0.15) is 28.8 Å². The van der Waals surface area contributed by atoms with Crippen LogP contribution < -0.4 is 5.73 Å². The summed E-state index contributed by atoms with van der Waals surface area (Å²) >= 11 is 1.52. The van der Waals surface area contributed by atoms with Crippen molar-refractivity contribution in [1.82, 2.24) is 9.80 Å². The fourth-order valence-corrected chi connectivity index (χ4v) is 5.62. The van der Waals surface area contributed by atoms with E-state index < -0.39 is 5.54 Å². The van der Waals surface area contributed by atoms with E-state index in [0.29, 0.717) is 25.9 Å². The first-order valence-electron chi connectivity index (χ1n) is 11.1. The highest BCUT2D eigenvalue weighted by Gasteiger charge is 2.54. The van der Waals surface area contributed by atoms with Gasteiger partial charge >= 0.3 is 0 Å². The number of hydrogen-bond acceptors (Lipinski definition) is 5. The summed E-state index contributed by atoms with van der Waals surface area (Å²) in [6.45, 7) is 1.18. The monoisotopic (exact) mass is 458 g/mol. The van der Waals surface area contributed by atoms with Crippen molar-refractivity contribution < 1.29 is 9.59 Å². The van der Waals surface area contributed by atoms with Crippen LogP contribution in [0.15, 0.2) is 76.4 Å². The lowest BCUT2D eigenvalue weighted by atomic mass is 9.72. The Balaban J connectivity index is 1.48. The van der Waals surface area contributed by atoms with Crippen LogP contribution in [0.4, 0.5) is 0 Å². The number of carbonyl (C=O) groups excluding carboxylic acids is 2. The Morgan fingerprint density at radius 2 is 1.79 bits per heavy atom. The molecule has 2 aliphatic heterocycles. The third-order valence-corrected chi connectivity index (χ3v) is 7.50. The van der Waals surface area contributed by atoms with Gasteiger partial charge in [-0.25, -0.2) is 4.99 Å². The summed E-state index contributed by atoms with van der Waals surface area (Å²) in [5, 5.41) is 3.80. The Morgan fingerprint density at radius 3 is 2.42 bits per heavy atom. The highest BCUT2D eigenvalue weighted by atomic mass is 32.1. The molecule has 1 aromatic heterocycles. The van der Waals surface area contributed by atoms with E-state index in [9.17, 15) is 9.59 Å². The summed E-state index contributed by atoms with van der Waals surface area (Å²) in [6.07, 6.45) is 1.36. The third kappa shape index (κ3) is 3.62. The molecule has 0 saturated carbocycles. The van der Waals surface area contributed by atoms with Gasteiger partial charge in [-0.3, -0.25) is 14.5 Å². The maximum Gasteiger partial charge on any atom is 0.261 e. The summed E-state index contributed by atoms with van der Waals surface area (Å²) in [5.74, 6) is 0.133. The number of hydrogen-bond donors (Lipinski definition) is 1. The number of likely N-dealkylation sites (N-methyl/N-ethyl adjacent to an activating group) is 1. The molecule has 0 radical (unpaired) electrons. The predicted octanol–water partition coefficient (Wildman–Crippen LogP) is 3.95. The van der Waals surface area contributed by atoms with Crippen molar-refractivity contribution >= 4 is 29.1 Å². The first kappa shape index (κ1) is 21.4. The van der Waals surface area contributed by atoms with Crippen LogP contribution in [0.25, 0.3) is 11.1 Å². The van der Waals surface area contributed by atoms with Gasteiger partial charge in [0.15, 0.2) is 11.5 Å². The number of rotatable bonds is 4. The minimum absolute atomic E-state index is 0.0488. The number of nitrogens with zero attached hydrogens (tertiary/aromatic N) is 3.